The molecular weight excluding hydrogens is 853 g/mol. The average molecular weight is 962 g/mol. The summed E-state index contributed by atoms with van der Waals surface area (Å²) in [5.74, 6) is -0.899. The zero-order valence-corrected chi connectivity index (χ0v) is 45.3. The first kappa shape index (κ1) is 65.6. The van der Waals surface area contributed by atoms with Crippen LogP contribution in [0, 0.1) is 0 Å². The Bertz CT molecular complexity index is 1330. The van der Waals surface area contributed by atoms with E-state index < -0.39 is 6.10 Å². The molecule has 0 aromatic carbocycles. The lowest BCUT2D eigenvalue weighted by atomic mass is 10.1. The summed E-state index contributed by atoms with van der Waals surface area (Å²) in [4.78, 5) is 37.8. The van der Waals surface area contributed by atoms with Crippen LogP contribution in [0.2, 0.25) is 0 Å². The molecule has 0 heterocycles. The first-order valence-electron chi connectivity index (χ1n) is 29.1. The van der Waals surface area contributed by atoms with E-state index in [0.29, 0.717) is 19.3 Å². The molecule has 6 heteroatoms. The zero-order chi connectivity index (χ0) is 50.0. The van der Waals surface area contributed by atoms with Crippen LogP contribution in [0.3, 0.4) is 0 Å². The Morgan fingerprint density at radius 1 is 0.304 bits per heavy atom. The molecule has 0 saturated carbocycles. The predicted octanol–water partition coefficient (Wildman–Crippen LogP) is 19.5. The minimum absolute atomic E-state index is 0.0797. The normalized spacial score (nSPS) is 12.7. The van der Waals surface area contributed by atoms with Gasteiger partial charge in [-0.1, -0.05) is 247 Å². The van der Waals surface area contributed by atoms with Crippen LogP contribution in [0.25, 0.3) is 0 Å². The molecule has 0 bridgehead atoms. The number of carbonyl (C=O) groups excluding carboxylic acids is 3. The van der Waals surface area contributed by atoms with E-state index >= 15 is 0 Å². The number of rotatable bonds is 52. The highest BCUT2D eigenvalue weighted by molar-refractivity contribution is 5.71. The van der Waals surface area contributed by atoms with Crippen LogP contribution >= 0.6 is 0 Å². The maximum atomic E-state index is 12.8. The standard InChI is InChI=1S/C63H108O6/c1-4-7-10-13-15-17-19-21-23-25-27-28-29-30-31-32-33-34-36-37-39-41-43-45-47-50-53-56-62(65)68-59-60(58-67-61(64)55-52-49-12-9-6-3)69-63(66)57-54-51-48-46-44-42-40-38-35-26-24-22-20-18-16-14-11-8-5-2/h7,10,15,17,21-24,27-28,30-31,33-34,60H,4-6,8-9,11-14,16,18-20,25-26,29,32,35-59H2,1-3H3/b10-7-,17-15-,23-21-,24-22-,28-27-,31-30-,34-33-. The van der Waals surface area contributed by atoms with E-state index in [1.54, 1.807) is 0 Å². The molecule has 0 rings (SSSR count). The number of unbranched alkanes of at least 4 members (excludes halogenated alkanes) is 27. The van der Waals surface area contributed by atoms with Crippen molar-refractivity contribution in [2.24, 2.45) is 0 Å². The predicted molar refractivity (Wildman–Crippen MR) is 297 cm³/mol. The molecule has 0 aliphatic carbocycles. The van der Waals surface area contributed by atoms with Crippen molar-refractivity contribution in [1.29, 1.82) is 0 Å². The Morgan fingerprint density at radius 3 is 0.899 bits per heavy atom. The summed E-state index contributed by atoms with van der Waals surface area (Å²) in [6.07, 6.45) is 74.8. The van der Waals surface area contributed by atoms with Crippen molar-refractivity contribution in [3.05, 3.63) is 85.1 Å². The van der Waals surface area contributed by atoms with E-state index in [1.807, 2.05) is 0 Å². The van der Waals surface area contributed by atoms with Gasteiger partial charge in [0, 0.05) is 19.3 Å². The summed E-state index contributed by atoms with van der Waals surface area (Å²) in [5.41, 5.74) is 0. The fraction of sp³-hybridized carbons (Fsp3) is 0.730. The topological polar surface area (TPSA) is 78.9 Å². The highest BCUT2D eigenvalue weighted by Gasteiger charge is 2.19. The highest BCUT2D eigenvalue weighted by Crippen LogP contribution is 2.15. The number of ether oxygens (including phenoxy) is 3. The van der Waals surface area contributed by atoms with Crippen molar-refractivity contribution >= 4 is 17.9 Å². The fourth-order valence-corrected chi connectivity index (χ4v) is 8.03. The van der Waals surface area contributed by atoms with Crippen molar-refractivity contribution in [2.45, 2.75) is 284 Å². The average Bonchev–Trinajstić information content (AvgIpc) is 3.35. The molecule has 6 nitrogen and oxygen atoms in total. The third-order valence-electron chi connectivity index (χ3n) is 12.4. The van der Waals surface area contributed by atoms with Crippen molar-refractivity contribution in [1.82, 2.24) is 0 Å². The van der Waals surface area contributed by atoms with Gasteiger partial charge < -0.3 is 14.2 Å². The van der Waals surface area contributed by atoms with E-state index in [9.17, 15) is 14.4 Å². The van der Waals surface area contributed by atoms with Gasteiger partial charge in [-0.25, -0.2) is 0 Å². The Labute approximate surface area is 426 Å². The van der Waals surface area contributed by atoms with Gasteiger partial charge in [0.15, 0.2) is 6.10 Å². The minimum atomic E-state index is -0.777. The summed E-state index contributed by atoms with van der Waals surface area (Å²) in [6.45, 7) is 6.44. The summed E-state index contributed by atoms with van der Waals surface area (Å²) in [5, 5.41) is 0. The van der Waals surface area contributed by atoms with Crippen LogP contribution in [-0.2, 0) is 28.6 Å². The molecule has 69 heavy (non-hydrogen) atoms. The van der Waals surface area contributed by atoms with E-state index in [0.717, 1.165) is 109 Å². The monoisotopic (exact) mass is 961 g/mol. The first-order valence-corrected chi connectivity index (χ1v) is 29.1. The second kappa shape index (κ2) is 57.2. The quantitative estimate of drug-likeness (QED) is 0.0262. The molecule has 0 aliphatic rings. The summed E-state index contributed by atoms with van der Waals surface area (Å²) >= 11 is 0. The molecular formula is C63H108O6. The van der Waals surface area contributed by atoms with E-state index in [1.165, 1.54) is 128 Å². The molecule has 0 aromatic heterocycles. The smallest absolute Gasteiger partial charge is 0.306 e. The minimum Gasteiger partial charge on any atom is -0.462 e. The number of esters is 3. The number of carbonyl (C=O) groups is 3. The number of hydrogen-bond acceptors (Lipinski definition) is 6. The van der Waals surface area contributed by atoms with Crippen molar-refractivity contribution in [2.75, 3.05) is 13.2 Å². The van der Waals surface area contributed by atoms with Gasteiger partial charge >= 0.3 is 17.9 Å². The van der Waals surface area contributed by atoms with Crippen molar-refractivity contribution in [3.8, 4) is 0 Å². The van der Waals surface area contributed by atoms with Gasteiger partial charge in [0.25, 0.3) is 0 Å². The molecule has 0 radical (unpaired) electrons. The zero-order valence-electron chi connectivity index (χ0n) is 45.3. The largest absolute Gasteiger partial charge is 0.462 e. The van der Waals surface area contributed by atoms with Gasteiger partial charge in [-0.15, -0.1) is 0 Å². The number of hydrogen-bond donors (Lipinski definition) is 0. The Balaban J connectivity index is 4.11. The van der Waals surface area contributed by atoms with Crippen LogP contribution in [0.4, 0.5) is 0 Å². The van der Waals surface area contributed by atoms with Crippen molar-refractivity contribution in [3.63, 3.8) is 0 Å². The van der Waals surface area contributed by atoms with Crippen LogP contribution < -0.4 is 0 Å². The molecule has 0 N–H and O–H groups in total. The highest BCUT2D eigenvalue weighted by atomic mass is 16.6. The summed E-state index contributed by atoms with van der Waals surface area (Å²) in [7, 11) is 0. The van der Waals surface area contributed by atoms with E-state index in [-0.39, 0.29) is 31.1 Å². The molecule has 396 valence electrons. The SMILES string of the molecule is CC/C=C\C/C=C\C/C=C\C/C=C\C/C=C\C/C=C\CCCCCCCCCCC(=O)OCC(COC(=O)CCCCCCC)OC(=O)CCCCCCCCCCC/C=C\CCCCCCCC. The van der Waals surface area contributed by atoms with Gasteiger partial charge in [-0.3, -0.25) is 14.4 Å². The maximum Gasteiger partial charge on any atom is 0.306 e. The molecule has 0 fully saturated rings. The molecule has 0 aromatic rings. The Morgan fingerprint density at radius 2 is 0.565 bits per heavy atom. The van der Waals surface area contributed by atoms with Crippen molar-refractivity contribution < 1.29 is 28.6 Å². The lowest BCUT2D eigenvalue weighted by Gasteiger charge is -2.18. The number of allylic oxidation sites excluding steroid dienone is 14. The maximum absolute atomic E-state index is 12.8. The van der Waals surface area contributed by atoms with E-state index in [2.05, 4.69) is 106 Å². The molecule has 0 aliphatic heterocycles. The first-order chi connectivity index (χ1) is 34.0. The lowest BCUT2D eigenvalue weighted by molar-refractivity contribution is -0.167. The third kappa shape index (κ3) is 55.4. The fourth-order valence-electron chi connectivity index (χ4n) is 8.03. The third-order valence-corrected chi connectivity index (χ3v) is 12.4. The summed E-state index contributed by atoms with van der Waals surface area (Å²) in [6, 6.07) is 0. The summed E-state index contributed by atoms with van der Waals surface area (Å²) < 4.78 is 16.7. The van der Waals surface area contributed by atoms with Crippen LogP contribution in [0.5, 0.6) is 0 Å². The molecule has 0 spiro atoms. The van der Waals surface area contributed by atoms with Crippen LogP contribution in [0.15, 0.2) is 85.1 Å². The van der Waals surface area contributed by atoms with Gasteiger partial charge in [0.2, 0.25) is 0 Å². The van der Waals surface area contributed by atoms with Gasteiger partial charge in [0.05, 0.1) is 0 Å². The molecule has 1 unspecified atom stereocenters. The van der Waals surface area contributed by atoms with Gasteiger partial charge in [-0.2, -0.15) is 0 Å². The van der Waals surface area contributed by atoms with Crippen LogP contribution in [0.1, 0.15) is 278 Å². The molecule has 1 atom stereocenters. The molecule has 0 saturated heterocycles. The van der Waals surface area contributed by atoms with Gasteiger partial charge in [-0.05, 0) is 96.3 Å². The second-order valence-corrected chi connectivity index (χ2v) is 19.2. The Hall–Kier alpha value is -3.41. The van der Waals surface area contributed by atoms with E-state index in [4.69, 9.17) is 14.2 Å². The van der Waals surface area contributed by atoms with Gasteiger partial charge in [0.1, 0.15) is 13.2 Å². The second-order valence-electron chi connectivity index (χ2n) is 19.2. The lowest BCUT2D eigenvalue weighted by Crippen LogP contribution is -2.30. The Kier molecular flexibility index (Phi) is 54.3. The molecule has 0 amide bonds. The van der Waals surface area contributed by atoms with Crippen LogP contribution in [-0.4, -0.2) is 37.2 Å².